The molecule has 3 N–H and O–H groups in total. The Bertz CT molecular complexity index is 749. The SMILES string of the molecule is Cc1ccc(Nc2cncc(Cl)c2C(=O)NC2CNC2)c(F)c1. The Hall–Kier alpha value is -2.18. The highest BCUT2D eigenvalue weighted by atomic mass is 35.5. The van der Waals surface area contributed by atoms with E-state index < -0.39 is 5.82 Å². The number of nitrogens with zero attached hydrogens (tertiary/aromatic N) is 1. The molecule has 3 rings (SSSR count). The van der Waals surface area contributed by atoms with Gasteiger partial charge in [-0.3, -0.25) is 9.78 Å². The molecule has 0 saturated carbocycles. The van der Waals surface area contributed by atoms with Crippen LogP contribution in [0.15, 0.2) is 30.6 Å². The van der Waals surface area contributed by atoms with Crippen LogP contribution in [-0.2, 0) is 0 Å². The molecule has 0 spiro atoms. The number of pyridine rings is 1. The van der Waals surface area contributed by atoms with E-state index in [9.17, 15) is 9.18 Å². The predicted octanol–water partition coefficient (Wildman–Crippen LogP) is 2.63. The number of hydrogen-bond donors (Lipinski definition) is 3. The fraction of sp³-hybridized carbons (Fsp3) is 0.250. The highest BCUT2D eigenvalue weighted by Crippen LogP contribution is 2.27. The summed E-state index contributed by atoms with van der Waals surface area (Å²) in [5.41, 5.74) is 1.70. The number of aryl methyl sites for hydroxylation is 1. The van der Waals surface area contributed by atoms with Gasteiger partial charge >= 0.3 is 0 Å². The van der Waals surface area contributed by atoms with Crippen LogP contribution in [-0.4, -0.2) is 30.0 Å². The summed E-state index contributed by atoms with van der Waals surface area (Å²) in [4.78, 5) is 16.4. The average Bonchev–Trinajstić information content (AvgIpc) is 2.46. The third kappa shape index (κ3) is 3.43. The summed E-state index contributed by atoms with van der Waals surface area (Å²) < 4.78 is 14.0. The van der Waals surface area contributed by atoms with E-state index in [0.717, 1.165) is 18.7 Å². The molecule has 5 nitrogen and oxygen atoms in total. The van der Waals surface area contributed by atoms with Crippen molar-refractivity contribution in [2.75, 3.05) is 18.4 Å². The number of aromatic nitrogens is 1. The normalized spacial score (nSPS) is 14.2. The average molecular weight is 335 g/mol. The van der Waals surface area contributed by atoms with Crippen LogP contribution in [0.5, 0.6) is 0 Å². The maximum atomic E-state index is 14.0. The Morgan fingerprint density at radius 1 is 1.35 bits per heavy atom. The molecular formula is C16H16ClFN4O. The van der Waals surface area contributed by atoms with Crippen molar-refractivity contribution in [1.82, 2.24) is 15.6 Å². The van der Waals surface area contributed by atoms with Crippen molar-refractivity contribution in [3.8, 4) is 0 Å². The van der Waals surface area contributed by atoms with E-state index in [0.29, 0.717) is 5.69 Å². The van der Waals surface area contributed by atoms with Crippen molar-refractivity contribution in [1.29, 1.82) is 0 Å². The second kappa shape index (κ2) is 6.52. The van der Waals surface area contributed by atoms with E-state index >= 15 is 0 Å². The molecule has 120 valence electrons. The summed E-state index contributed by atoms with van der Waals surface area (Å²) in [5.74, 6) is -0.710. The molecule has 1 aromatic heterocycles. The second-order valence-electron chi connectivity index (χ2n) is 5.48. The van der Waals surface area contributed by atoms with Crippen LogP contribution in [0, 0.1) is 12.7 Å². The monoisotopic (exact) mass is 334 g/mol. The topological polar surface area (TPSA) is 66.0 Å². The summed E-state index contributed by atoms with van der Waals surface area (Å²) in [7, 11) is 0. The lowest BCUT2D eigenvalue weighted by Crippen LogP contribution is -2.57. The zero-order valence-electron chi connectivity index (χ0n) is 12.5. The predicted molar refractivity (Wildman–Crippen MR) is 87.8 cm³/mol. The number of hydrogen-bond acceptors (Lipinski definition) is 4. The summed E-state index contributed by atoms with van der Waals surface area (Å²) in [5, 5.41) is 9.07. The first-order chi connectivity index (χ1) is 11.0. The fourth-order valence-corrected chi connectivity index (χ4v) is 2.52. The van der Waals surface area contributed by atoms with E-state index in [4.69, 9.17) is 11.6 Å². The van der Waals surface area contributed by atoms with Gasteiger partial charge in [-0.05, 0) is 24.6 Å². The van der Waals surface area contributed by atoms with Gasteiger partial charge in [0.05, 0.1) is 34.2 Å². The summed E-state index contributed by atoms with van der Waals surface area (Å²) in [6, 6.07) is 4.89. The minimum Gasteiger partial charge on any atom is -0.351 e. The lowest BCUT2D eigenvalue weighted by Gasteiger charge is -2.28. The van der Waals surface area contributed by atoms with Gasteiger partial charge in [-0.2, -0.15) is 0 Å². The van der Waals surface area contributed by atoms with E-state index in [1.165, 1.54) is 18.5 Å². The maximum absolute atomic E-state index is 14.0. The minimum atomic E-state index is -0.403. The Kier molecular flexibility index (Phi) is 4.45. The number of nitrogens with one attached hydrogen (secondary N) is 3. The van der Waals surface area contributed by atoms with Crippen LogP contribution in [0.3, 0.4) is 0 Å². The third-order valence-electron chi connectivity index (χ3n) is 3.64. The molecule has 7 heteroatoms. The molecule has 0 atom stereocenters. The Labute approximate surface area is 138 Å². The molecule has 1 amide bonds. The van der Waals surface area contributed by atoms with Gasteiger partial charge in [-0.1, -0.05) is 17.7 Å². The van der Waals surface area contributed by atoms with E-state index in [2.05, 4.69) is 20.9 Å². The highest BCUT2D eigenvalue weighted by molar-refractivity contribution is 6.34. The van der Waals surface area contributed by atoms with Crippen LogP contribution >= 0.6 is 11.6 Å². The fourth-order valence-electron chi connectivity index (χ4n) is 2.28. The molecule has 1 aliphatic rings. The number of halogens is 2. The van der Waals surface area contributed by atoms with Gasteiger partial charge in [-0.25, -0.2) is 4.39 Å². The molecule has 0 bridgehead atoms. The lowest BCUT2D eigenvalue weighted by molar-refractivity contribution is 0.0925. The van der Waals surface area contributed by atoms with Gasteiger partial charge in [0.15, 0.2) is 0 Å². The van der Waals surface area contributed by atoms with Crippen LogP contribution < -0.4 is 16.0 Å². The third-order valence-corrected chi connectivity index (χ3v) is 3.92. The van der Waals surface area contributed by atoms with Gasteiger partial charge < -0.3 is 16.0 Å². The Morgan fingerprint density at radius 2 is 2.13 bits per heavy atom. The number of benzene rings is 1. The quantitative estimate of drug-likeness (QED) is 0.804. The molecule has 0 aliphatic carbocycles. The van der Waals surface area contributed by atoms with Crippen LogP contribution in [0.4, 0.5) is 15.8 Å². The summed E-state index contributed by atoms with van der Waals surface area (Å²) >= 11 is 6.13. The molecule has 23 heavy (non-hydrogen) atoms. The first-order valence-electron chi connectivity index (χ1n) is 7.23. The van der Waals surface area contributed by atoms with E-state index in [-0.39, 0.29) is 28.2 Å². The standard InChI is InChI=1S/C16H16ClFN4O/c1-9-2-3-13(12(18)4-9)22-14-8-20-7-11(17)15(14)16(23)21-10-5-19-6-10/h2-4,7-8,10,19,22H,5-6H2,1H3,(H,21,23). The maximum Gasteiger partial charge on any atom is 0.255 e. The van der Waals surface area contributed by atoms with Crippen molar-refractivity contribution in [3.63, 3.8) is 0 Å². The summed E-state index contributed by atoms with van der Waals surface area (Å²) in [6.45, 7) is 3.26. The zero-order chi connectivity index (χ0) is 16.4. The molecule has 2 aromatic rings. The van der Waals surface area contributed by atoms with Crippen LogP contribution in [0.1, 0.15) is 15.9 Å². The molecule has 0 radical (unpaired) electrons. The molecule has 2 heterocycles. The van der Waals surface area contributed by atoms with Crippen molar-refractivity contribution in [3.05, 3.63) is 52.6 Å². The number of amides is 1. The molecule has 1 aliphatic heterocycles. The van der Waals surface area contributed by atoms with Crippen LogP contribution in [0.25, 0.3) is 0 Å². The number of rotatable bonds is 4. The number of anilines is 2. The molecule has 1 saturated heterocycles. The smallest absolute Gasteiger partial charge is 0.255 e. The van der Waals surface area contributed by atoms with Crippen molar-refractivity contribution < 1.29 is 9.18 Å². The first-order valence-corrected chi connectivity index (χ1v) is 7.60. The molecule has 1 fully saturated rings. The van der Waals surface area contributed by atoms with Gasteiger partial charge in [0, 0.05) is 19.3 Å². The molecule has 0 unspecified atom stereocenters. The number of carbonyl (C=O) groups excluding carboxylic acids is 1. The minimum absolute atomic E-state index is 0.0793. The molecule has 1 aromatic carbocycles. The zero-order valence-corrected chi connectivity index (χ0v) is 13.2. The van der Waals surface area contributed by atoms with Crippen molar-refractivity contribution in [2.24, 2.45) is 0 Å². The highest BCUT2D eigenvalue weighted by Gasteiger charge is 2.23. The Balaban J connectivity index is 1.89. The van der Waals surface area contributed by atoms with Crippen molar-refractivity contribution in [2.45, 2.75) is 13.0 Å². The second-order valence-corrected chi connectivity index (χ2v) is 5.89. The van der Waals surface area contributed by atoms with Gasteiger partial charge in [-0.15, -0.1) is 0 Å². The Morgan fingerprint density at radius 3 is 2.78 bits per heavy atom. The van der Waals surface area contributed by atoms with Gasteiger partial charge in [0.1, 0.15) is 5.82 Å². The molecular weight excluding hydrogens is 319 g/mol. The lowest BCUT2D eigenvalue weighted by atomic mass is 10.1. The first kappa shape index (κ1) is 15.7. The van der Waals surface area contributed by atoms with E-state index in [1.807, 2.05) is 0 Å². The number of carbonyl (C=O) groups is 1. The van der Waals surface area contributed by atoms with Gasteiger partial charge in [0.25, 0.3) is 5.91 Å². The summed E-state index contributed by atoms with van der Waals surface area (Å²) in [6.07, 6.45) is 2.85. The van der Waals surface area contributed by atoms with Crippen molar-refractivity contribution >= 4 is 28.9 Å². The van der Waals surface area contributed by atoms with Gasteiger partial charge in [0.2, 0.25) is 0 Å². The largest absolute Gasteiger partial charge is 0.351 e. The van der Waals surface area contributed by atoms with E-state index in [1.54, 1.807) is 19.1 Å². The van der Waals surface area contributed by atoms with Crippen LogP contribution in [0.2, 0.25) is 5.02 Å².